The number of pyridine rings is 1. The van der Waals surface area contributed by atoms with E-state index < -0.39 is 0 Å². The second-order valence-electron chi connectivity index (χ2n) is 4.40. The summed E-state index contributed by atoms with van der Waals surface area (Å²) in [5.74, 6) is -0.156. The van der Waals surface area contributed by atoms with Crippen molar-refractivity contribution in [3.63, 3.8) is 0 Å². The van der Waals surface area contributed by atoms with Crippen LogP contribution in [0.25, 0.3) is 0 Å². The predicted molar refractivity (Wildman–Crippen MR) is 75.8 cm³/mol. The Morgan fingerprint density at radius 2 is 2.05 bits per heavy atom. The Bertz CT molecular complexity index is 545. The van der Waals surface area contributed by atoms with Crippen LogP contribution in [0.3, 0.4) is 0 Å². The van der Waals surface area contributed by atoms with Crippen LogP contribution in [0, 0.1) is 5.82 Å². The fourth-order valence-corrected chi connectivity index (χ4v) is 2.24. The summed E-state index contributed by atoms with van der Waals surface area (Å²) in [6.07, 6.45) is 2.31. The Balaban J connectivity index is 1.90. The van der Waals surface area contributed by atoms with Gasteiger partial charge in [-0.2, -0.15) is 0 Å². The van der Waals surface area contributed by atoms with Gasteiger partial charge in [0.2, 0.25) is 0 Å². The topological polar surface area (TPSA) is 24.9 Å². The summed E-state index contributed by atoms with van der Waals surface area (Å²) in [5, 5.41) is 3.83. The summed E-state index contributed by atoms with van der Waals surface area (Å²) in [4.78, 5) is 4.05. The van der Waals surface area contributed by atoms with Crippen LogP contribution in [-0.4, -0.2) is 11.5 Å². The molecule has 0 radical (unpaired) electrons. The van der Waals surface area contributed by atoms with Crippen LogP contribution in [0.5, 0.6) is 0 Å². The molecule has 2 aromatic rings. The van der Waals surface area contributed by atoms with E-state index in [1.54, 1.807) is 18.3 Å². The molecule has 0 aliphatic carbocycles. The van der Waals surface area contributed by atoms with Crippen LogP contribution in [0.4, 0.5) is 4.39 Å². The van der Waals surface area contributed by atoms with Gasteiger partial charge in [-0.25, -0.2) is 9.37 Å². The smallest absolute Gasteiger partial charge is 0.133 e. The van der Waals surface area contributed by atoms with Crippen LogP contribution in [0.1, 0.15) is 24.1 Å². The Labute approximate surface area is 117 Å². The van der Waals surface area contributed by atoms with Gasteiger partial charge in [0.15, 0.2) is 0 Å². The monoisotopic (exact) mass is 278 g/mol. The molecular formula is C15H16ClFN2. The van der Waals surface area contributed by atoms with Crippen molar-refractivity contribution in [2.75, 3.05) is 6.54 Å². The Morgan fingerprint density at radius 1 is 1.26 bits per heavy atom. The lowest BCUT2D eigenvalue weighted by Crippen LogP contribution is -2.22. The zero-order valence-electron chi connectivity index (χ0n) is 10.7. The number of rotatable bonds is 5. The van der Waals surface area contributed by atoms with Crippen molar-refractivity contribution in [1.29, 1.82) is 0 Å². The fourth-order valence-electron chi connectivity index (χ4n) is 1.96. The SMILES string of the molecule is C[C@H](NCCc1ccccc1F)c1cccnc1Cl. The summed E-state index contributed by atoms with van der Waals surface area (Å²) in [6, 6.07) is 10.7. The lowest BCUT2D eigenvalue weighted by molar-refractivity contribution is 0.558. The number of benzene rings is 1. The minimum absolute atomic E-state index is 0.0907. The highest BCUT2D eigenvalue weighted by atomic mass is 35.5. The summed E-state index contributed by atoms with van der Waals surface area (Å²) in [6.45, 7) is 2.71. The highest BCUT2D eigenvalue weighted by molar-refractivity contribution is 6.30. The van der Waals surface area contributed by atoms with Gasteiger partial charge in [0, 0.05) is 17.8 Å². The van der Waals surface area contributed by atoms with Gasteiger partial charge >= 0.3 is 0 Å². The summed E-state index contributed by atoms with van der Waals surface area (Å²) in [7, 11) is 0. The molecule has 1 heterocycles. The molecule has 1 N–H and O–H groups in total. The average molecular weight is 279 g/mol. The minimum Gasteiger partial charge on any atom is -0.310 e. The van der Waals surface area contributed by atoms with Crippen molar-refractivity contribution in [3.05, 3.63) is 64.7 Å². The fraction of sp³-hybridized carbons (Fsp3) is 0.267. The van der Waals surface area contributed by atoms with Gasteiger partial charge < -0.3 is 5.32 Å². The molecular weight excluding hydrogens is 263 g/mol. The van der Waals surface area contributed by atoms with Gasteiger partial charge in [0.1, 0.15) is 11.0 Å². The number of hydrogen-bond acceptors (Lipinski definition) is 2. The average Bonchev–Trinajstić information content (AvgIpc) is 2.41. The van der Waals surface area contributed by atoms with E-state index in [-0.39, 0.29) is 11.9 Å². The van der Waals surface area contributed by atoms with Gasteiger partial charge in [-0.1, -0.05) is 35.9 Å². The van der Waals surface area contributed by atoms with E-state index in [0.29, 0.717) is 18.1 Å². The molecule has 2 rings (SSSR count). The van der Waals surface area contributed by atoms with Crippen molar-refractivity contribution in [2.45, 2.75) is 19.4 Å². The molecule has 0 amide bonds. The zero-order chi connectivity index (χ0) is 13.7. The number of aromatic nitrogens is 1. The van der Waals surface area contributed by atoms with Crippen molar-refractivity contribution >= 4 is 11.6 Å². The van der Waals surface area contributed by atoms with Gasteiger partial charge in [-0.15, -0.1) is 0 Å². The van der Waals surface area contributed by atoms with E-state index >= 15 is 0 Å². The standard InChI is InChI=1S/C15H16ClFN2/c1-11(13-6-4-9-19-15(13)16)18-10-8-12-5-2-3-7-14(12)17/h2-7,9,11,18H,8,10H2,1H3/t11-/m0/s1. The third-order valence-electron chi connectivity index (χ3n) is 3.06. The zero-order valence-corrected chi connectivity index (χ0v) is 11.5. The first-order valence-electron chi connectivity index (χ1n) is 6.25. The van der Waals surface area contributed by atoms with Crippen molar-refractivity contribution in [3.8, 4) is 0 Å². The molecule has 0 bridgehead atoms. The van der Waals surface area contributed by atoms with E-state index in [2.05, 4.69) is 10.3 Å². The van der Waals surface area contributed by atoms with Crippen molar-refractivity contribution < 1.29 is 4.39 Å². The molecule has 0 unspecified atom stereocenters. The van der Waals surface area contributed by atoms with Gasteiger partial charge in [-0.3, -0.25) is 0 Å². The molecule has 0 aliphatic rings. The van der Waals surface area contributed by atoms with Gasteiger partial charge in [-0.05, 0) is 37.6 Å². The van der Waals surface area contributed by atoms with Gasteiger partial charge in [0.05, 0.1) is 0 Å². The molecule has 0 saturated heterocycles. The largest absolute Gasteiger partial charge is 0.310 e. The summed E-state index contributed by atoms with van der Waals surface area (Å²) < 4.78 is 13.4. The number of nitrogens with zero attached hydrogens (tertiary/aromatic N) is 1. The first kappa shape index (κ1) is 14.0. The van der Waals surface area contributed by atoms with Crippen LogP contribution < -0.4 is 5.32 Å². The number of hydrogen-bond donors (Lipinski definition) is 1. The maximum atomic E-state index is 13.4. The van der Waals surface area contributed by atoms with Crippen LogP contribution >= 0.6 is 11.6 Å². The first-order valence-corrected chi connectivity index (χ1v) is 6.63. The van der Waals surface area contributed by atoms with E-state index in [1.165, 1.54) is 6.07 Å². The molecule has 1 aromatic heterocycles. The van der Waals surface area contributed by atoms with Crippen LogP contribution in [0.2, 0.25) is 5.15 Å². The third-order valence-corrected chi connectivity index (χ3v) is 3.37. The highest BCUT2D eigenvalue weighted by Gasteiger charge is 2.09. The van der Waals surface area contributed by atoms with E-state index in [9.17, 15) is 4.39 Å². The van der Waals surface area contributed by atoms with E-state index in [4.69, 9.17) is 11.6 Å². The molecule has 0 aliphatic heterocycles. The van der Waals surface area contributed by atoms with E-state index in [1.807, 2.05) is 25.1 Å². The molecule has 0 spiro atoms. The molecule has 1 atom stereocenters. The normalized spacial score (nSPS) is 12.4. The number of nitrogens with one attached hydrogen (secondary N) is 1. The quantitative estimate of drug-likeness (QED) is 0.842. The lowest BCUT2D eigenvalue weighted by Gasteiger charge is -2.15. The molecule has 19 heavy (non-hydrogen) atoms. The van der Waals surface area contributed by atoms with Crippen LogP contribution in [0.15, 0.2) is 42.6 Å². The highest BCUT2D eigenvalue weighted by Crippen LogP contribution is 2.19. The molecule has 0 fully saturated rings. The Hall–Kier alpha value is -1.45. The molecule has 2 nitrogen and oxygen atoms in total. The summed E-state index contributed by atoms with van der Waals surface area (Å²) >= 11 is 6.03. The second kappa shape index (κ2) is 6.64. The van der Waals surface area contributed by atoms with Crippen molar-refractivity contribution in [2.24, 2.45) is 0 Å². The molecule has 1 aromatic carbocycles. The maximum absolute atomic E-state index is 13.4. The number of halogens is 2. The van der Waals surface area contributed by atoms with Crippen molar-refractivity contribution in [1.82, 2.24) is 10.3 Å². The van der Waals surface area contributed by atoms with Crippen LogP contribution in [-0.2, 0) is 6.42 Å². The Kier molecular flexibility index (Phi) is 4.88. The van der Waals surface area contributed by atoms with Gasteiger partial charge in [0.25, 0.3) is 0 Å². The third kappa shape index (κ3) is 3.75. The second-order valence-corrected chi connectivity index (χ2v) is 4.76. The van der Waals surface area contributed by atoms with E-state index in [0.717, 1.165) is 11.1 Å². The summed E-state index contributed by atoms with van der Waals surface area (Å²) in [5.41, 5.74) is 1.68. The maximum Gasteiger partial charge on any atom is 0.133 e. The molecule has 4 heteroatoms. The molecule has 100 valence electrons. The lowest BCUT2D eigenvalue weighted by atomic mass is 10.1. The predicted octanol–water partition coefficient (Wildman–Crippen LogP) is 3.77. The minimum atomic E-state index is -0.156. The molecule has 0 saturated carbocycles. The first-order chi connectivity index (χ1) is 9.18. The Morgan fingerprint density at radius 3 is 2.79 bits per heavy atom.